The Balaban J connectivity index is 2.31. The fraction of sp³-hybridized carbons (Fsp3) is 0.133. The van der Waals surface area contributed by atoms with Crippen molar-refractivity contribution in [1.29, 1.82) is 0 Å². The van der Waals surface area contributed by atoms with E-state index in [1.165, 1.54) is 26.3 Å². The standard InChI is InChI=1S/C15H14N2O5/c1-16-15(18)22-12-6-3-10(4-7-12)13-8-5-11(17(19)20)9-14(13)21-2/h3-9H,1-2H3,(H,16,18). The maximum Gasteiger partial charge on any atom is 0.412 e. The lowest BCUT2D eigenvalue weighted by atomic mass is 10.0. The number of nitro groups is 1. The maximum absolute atomic E-state index is 11.1. The largest absolute Gasteiger partial charge is 0.496 e. The molecule has 0 aliphatic heterocycles. The number of non-ortho nitro benzene ring substituents is 1. The zero-order chi connectivity index (χ0) is 16.1. The molecule has 0 saturated carbocycles. The van der Waals surface area contributed by atoms with Crippen molar-refractivity contribution < 1.29 is 19.2 Å². The van der Waals surface area contributed by atoms with Gasteiger partial charge in [-0.1, -0.05) is 12.1 Å². The Hall–Kier alpha value is -3.09. The van der Waals surface area contributed by atoms with E-state index in [0.29, 0.717) is 17.1 Å². The van der Waals surface area contributed by atoms with Gasteiger partial charge in [0.15, 0.2) is 0 Å². The first-order valence-corrected chi connectivity index (χ1v) is 6.37. The molecular formula is C15H14N2O5. The predicted molar refractivity (Wildman–Crippen MR) is 80.2 cm³/mol. The van der Waals surface area contributed by atoms with Crippen molar-refractivity contribution >= 4 is 11.8 Å². The van der Waals surface area contributed by atoms with Gasteiger partial charge in [0.25, 0.3) is 5.69 Å². The quantitative estimate of drug-likeness (QED) is 0.692. The molecule has 1 amide bonds. The fourth-order valence-electron chi connectivity index (χ4n) is 1.89. The molecule has 7 nitrogen and oxygen atoms in total. The molecule has 1 N–H and O–H groups in total. The molecule has 0 unspecified atom stereocenters. The van der Waals surface area contributed by atoms with Crippen molar-refractivity contribution in [2.24, 2.45) is 0 Å². The van der Waals surface area contributed by atoms with E-state index in [1.807, 2.05) is 0 Å². The second-order valence-electron chi connectivity index (χ2n) is 4.31. The van der Waals surface area contributed by atoms with E-state index in [0.717, 1.165) is 5.56 Å². The third-order valence-electron chi connectivity index (χ3n) is 2.98. The molecule has 0 heterocycles. The molecule has 0 fully saturated rings. The number of methoxy groups -OCH3 is 1. The van der Waals surface area contributed by atoms with Crippen LogP contribution >= 0.6 is 0 Å². The number of rotatable bonds is 4. The number of hydrogen-bond acceptors (Lipinski definition) is 5. The van der Waals surface area contributed by atoms with E-state index in [4.69, 9.17) is 9.47 Å². The van der Waals surface area contributed by atoms with Gasteiger partial charge >= 0.3 is 6.09 Å². The highest BCUT2D eigenvalue weighted by atomic mass is 16.6. The van der Waals surface area contributed by atoms with Crippen LogP contribution in [0.15, 0.2) is 42.5 Å². The van der Waals surface area contributed by atoms with Gasteiger partial charge in [0, 0.05) is 18.7 Å². The van der Waals surface area contributed by atoms with Gasteiger partial charge in [0.1, 0.15) is 11.5 Å². The molecule has 0 atom stereocenters. The number of benzene rings is 2. The van der Waals surface area contributed by atoms with Crippen LogP contribution in [0.25, 0.3) is 11.1 Å². The van der Waals surface area contributed by atoms with Gasteiger partial charge in [-0.3, -0.25) is 10.1 Å². The number of hydrogen-bond donors (Lipinski definition) is 1. The first kappa shape index (κ1) is 15.3. The predicted octanol–water partition coefficient (Wildman–Crippen LogP) is 2.99. The minimum atomic E-state index is -0.555. The van der Waals surface area contributed by atoms with Gasteiger partial charge in [-0.15, -0.1) is 0 Å². The summed E-state index contributed by atoms with van der Waals surface area (Å²) in [5.41, 5.74) is 1.45. The van der Waals surface area contributed by atoms with Crippen LogP contribution in [0.3, 0.4) is 0 Å². The average molecular weight is 302 g/mol. The molecular weight excluding hydrogens is 288 g/mol. The molecule has 2 aromatic carbocycles. The Labute approximate surface area is 126 Å². The van der Waals surface area contributed by atoms with Crippen molar-refractivity contribution in [2.45, 2.75) is 0 Å². The molecule has 0 saturated heterocycles. The van der Waals surface area contributed by atoms with E-state index in [9.17, 15) is 14.9 Å². The first-order valence-electron chi connectivity index (χ1n) is 6.37. The molecule has 0 aromatic heterocycles. The lowest BCUT2D eigenvalue weighted by molar-refractivity contribution is -0.384. The Morgan fingerprint density at radius 2 is 1.86 bits per heavy atom. The van der Waals surface area contributed by atoms with Crippen LogP contribution in [0.2, 0.25) is 0 Å². The van der Waals surface area contributed by atoms with E-state index in [2.05, 4.69) is 5.32 Å². The van der Waals surface area contributed by atoms with E-state index < -0.39 is 11.0 Å². The summed E-state index contributed by atoms with van der Waals surface area (Å²) >= 11 is 0. The molecule has 0 bridgehead atoms. The van der Waals surface area contributed by atoms with Gasteiger partial charge in [-0.05, 0) is 23.8 Å². The minimum Gasteiger partial charge on any atom is -0.496 e. The zero-order valence-corrected chi connectivity index (χ0v) is 12.0. The van der Waals surface area contributed by atoms with Crippen LogP contribution in [-0.4, -0.2) is 25.2 Å². The molecule has 0 radical (unpaired) electrons. The van der Waals surface area contributed by atoms with Crippen molar-refractivity contribution in [3.63, 3.8) is 0 Å². The third-order valence-corrected chi connectivity index (χ3v) is 2.98. The summed E-state index contributed by atoms with van der Waals surface area (Å²) < 4.78 is 10.2. The number of amides is 1. The lowest BCUT2D eigenvalue weighted by Gasteiger charge is -2.09. The SMILES string of the molecule is CNC(=O)Oc1ccc(-c2ccc([N+](=O)[O-])cc2OC)cc1. The summed E-state index contributed by atoms with van der Waals surface area (Å²) in [6.07, 6.45) is -0.555. The molecule has 7 heteroatoms. The summed E-state index contributed by atoms with van der Waals surface area (Å²) in [7, 11) is 2.92. The molecule has 2 aromatic rings. The Morgan fingerprint density at radius 1 is 1.18 bits per heavy atom. The number of carbonyl (C=O) groups excluding carboxylic acids is 1. The first-order chi connectivity index (χ1) is 10.5. The number of nitrogens with one attached hydrogen (secondary N) is 1. The monoisotopic (exact) mass is 302 g/mol. The highest BCUT2D eigenvalue weighted by molar-refractivity contribution is 5.74. The molecule has 114 valence electrons. The molecule has 2 rings (SSSR count). The number of ether oxygens (including phenoxy) is 2. The van der Waals surface area contributed by atoms with Crippen molar-refractivity contribution in [3.8, 4) is 22.6 Å². The molecule has 0 spiro atoms. The summed E-state index contributed by atoms with van der Waals surface area (Å²) in [5, 5.41) is 13.1. The van der Waals surface area contributed by atoms with Crippen LogP contribution in [0.1, 0.15) is 0 Å². The van der Waals surface area contributed by atoms with Crippen LogP contribution in [0, 0.1) is 10.1 Å². The van der Waals surface area contributed by atoms with Crippen molar-refractivity contribution in [2.75, 3.05) is 14.2 Å². The highest BCUT2D eigenvalue weighted by Gasteiger charge is 2.13. The van der Waals surface area contributed by atoms with Crippen LogP contribution in [-0.2, 0) is 0 Å². The number of nitrogens with zero attached hydrogens (tertiary/aromatic N) is 1. The summed E-state index contributed by atoms with van der Waals surface area (Å²) in [4.78, 5) is 21.4. The third kappa shape index (κ3) is 3.32. The average Bonchev–Trinajstić information content (AvgIpc) is 2.54. The number of carbonyl (C=O) groups is 1. The second-order valence-corrected chi connectivity index (χ2v) is 4.31. The van der Waals surface area contributed by atoms with Crippen LogP contribution < -0.4 is 14.8 Å². The topological polar surface area (TPSA) is 90.7 Å². The highest BCUT2D eigenvalue weighted by Crippen LogP contribution is 2.33. The minimum absolute atomic E-state index is 0.0415. The van der Waals surface area contributed by atoms with E-state index in [1.54, 1.807) is 30.3 Å². The lowest BCUT2D eigenvalue weighted by Crippen LogP contribution is -2.21. The van der Waals surface area contributed by atoms with E-state index in [-0.39, 0.29) is 5.69 Å². The second kappa shape index (κ2) is 6.57. The molecule has 0 aliphatic rings. The zero-order valence-electron chi connectivity index (χ0n) is 12.0. The summed E-state index contributed by atoms with van der Waals surface area (Å²) in [6, 6.07) is 11.1. The summed E-state index contributed by atoms with van der Waals surface area (Å²) in [5.74, 6) is 0.790. The van der Waals surface area contributed by atoms with Gasteiger partial charge in [0.2, 0.25) is 0 Å². The van der Waals surface area contributed by atoms with E-state index >= 15 is 0 Å². The van der Waals surface area contributed by atoms with Gasteiger partial charge in [-0.2, -0.15) is 0 Å². The fourth-order valence-corrected chi connectivity index (χ4v) is 1.89. The Kier molecular flexibility index (Phi) is 4.57. The van der Waals surface area contributed by atoms with Crippen molar-refractivity contribution in [1.82, 2.24) is 5.32 Å². The molecule has 0 aliphatic carbocycles. The van der Waals surface area contributed by atoms with Gasteiger partial charge < -0.3 is 14.8 Å². The Morgan fingerprint density at radius 3 is 2.41 bits per heavy atom. The normalized spacial score (nSPS) is 9.91. The van der Waals surface area contributed by atoms with Gasteiger partial charge in [0.05, 0.1) is 18.1 Å². The number of nitro benzene ring substituents is 1. The van der Waals surface area contributed by atoms with Crippen LogP contribution in [0.4, 0.5) is 10.5 Å². The smallest absolute Gasteiger partial charge is 0.412 e. The maximum atomic E-state index is 11.1. The van der Waals surface area contributed by atoms with Crippen molar-refractivity contribution in [3.05, 3.63) is 52.6 Å². The summed E-state index contributed by atoms with van der Waals surface area (Å²) in [6.45, 7) is 0. The van der Waals surface area contributed by atoms with Crippen LogP contribution in [0.5, 0.6) is 11.5 Å². The molecule has 22 heavy (non-hydrogen) atoms. The Bertz CT molecular complexity index is 698. The van der Waals surface area contributed by atoms with Gasteiger partial charge in [-0.25, -0.2) is 4.79 Å².